The van der Waals surface area contributed by atoms with Gasteiger partial charge in [0.25, 0.3) is 5.91 Å². The van der Waals surface area contributed by atoms with Crippen molar-refractivity contribution in [3.8, 4) is 0 Å². The predicted octanol–water partition coefficient (Wildman–Crippen LogP) is 2.03. The fourth-order valence-electron chi connectivity index (χ4n) is 4.90. The molecule has 29 heavy (non-hydrogen) atoms. The second kappa shape index (κ2) is 10.1. The zero-order valence-electron chi connectivity index (χ0n) is 17.0. The molecule has 8 heteroatoms. The molecule has 162 valence electrons. The highest BCUT2D eigenvalue weighted by molar-refractivity contribution is 5.96. The lowest BCUT2D eigenvalue weighted by molar-refractivity contribution is -0.134. The van der Waals surface area contributed by atoms with Gasteiger partial charge in [0, 0.05) is 38.3 Å². The van der Waals surface area contributed by atoms with Crippen LogP contribution in [0.2, 0.25) is 0 Å². The molecule has 3 aliphatic heterocycles. The lowest BCUT2D eigenvalue weighted by Crippen LogP contribution is -2.61. The van der Waals surface area contributed by atoms with Gasteiger partial charge in [0.2, 0.25) is 5.91 Å². The van der Waals surface area contributed by atoms with Gasteiger partial charge in [-0.2, -0.15) is 0 Å². The molecule has 6 nitrogen and oxygen atoms in total. The van der Waals surface area contributed by atoms with E-state index in [1.165, 1.54) is 0 Å². The Labute approximate surface area is 185 Å². The van der Waals surface area contributed by atoms with Crippen molar-refractivity contribution in [3.05, 3.63) is 35.4 Å². The Morgan fingerprint density at radius 3 is 2.52 bits per heavy atom. The van der Waals surface area contributed by atoms with Crippen molar-refractivity contribution in [2.24, 2.45) is 0 Å². The van der Waals surface area contributed by atoms with E-state index in [9.17, 15) is 9.59 Å². The van der Waals surface area contributed by atoms with Gasteiger partial charge >= 0.3 is 0 Å². The highest BCUT2D eigenvalue weighted by Crippen LogP contribution is 2.32. The van der Waals surface area contributed by atoms with E-state index in [0.717, 1.165) is 50.1 Å². The monoisotopic (exact) mass is 442 g/mol. The molecule has 1 spiro atoms. The fourth-order valence-corrected chi connectivity index (χ4v) is 4.90. The maximum Gasteiger partial charge on any atom is 0.254 e. The summed E-state index contributed by atoms with van der Waals surface area (Å²) in [6.45, 7) is 4.89. The SMILES string of the molecule is CN1CCCNC(=O)C12CCN(C(=O)c1ccccc1C1CCNC1)CC2.Cl.Cl. The zero-order valence-corrected chi connectivity index (χ0v) is 18.6. The van der Waals surface area contributed by atoms with Crippen LogP contribution < -0.4 is 10.6 Å². The summed E-state index contributed by atoms with van der Waals surface area (Å²) in [6, 6.07) is 8.05. The number of hydrogen-bond acceptors (Lipinski definition) is 4. The van der Waals surface area contributed by atoms with Crippen LogP contribution in [0.3, 0.4) is 0 Å². The van der Waals surface area contributed by atoms with Crippen LogP contribution in [0.5, 0.6) is 0 Å². The number of benzene rings is 1. The standard InChI is InChI=1S/C21H30N4O2.2ClH/c1-24-12-4-10-23-20(27)21(24)8-13-25(14-9-21)19(26)18-6-3-2-5-17(18)16-7-11-22-15-16;;/h2-3,5-6,16,22H,4,7-15H2,1H3,(H,23,27);2*1H. The average Bonchev–Trinajstić information content (AvgIpc) is 3.21. The number of rotatable bonds is 2. The molecule has 3 fully saturated rings. The van der Waals surface area contributed by atoms with Crippen LogP contribution in [0.25, 0.3) is 0 Å². The van der Waals surface area contributed by atoms with Gasteiger partial charge < -0.3 is 15.5 Å². The third-order valence-corrected chi connectivity index (χ3v) is 6.68. The first-order valence-corrected chi connectivity index (χ1v) is 10.2. The first-order valence-electron chi connectivity index (χ1n) is 10.2. The number of likely N-dealkylation sites (tertiary alicyclic amines) is 1. The fraction of sp³-hybridized carbons (Fsp3) is 0.619. The smallest absolute Gasteiger partial charge is 0.254 e. The van der Waals surface area contributed by atoms with E-state index in [4.69, 9.17) is 0 Å². The third-order valence-electron chi connectivity index (χ3n) is 6.68. The predicted molar refractivity (Wildman–Crippen MR) is 119 cm³/mol. The summed E-state index contributed by atoms with van der Waals surface area (Å²) in [5.74, 6) is 0.663. The Morgan fingerprint density at radius 1 is 1.10 bits per heavy atom. The number of piperidine rings is 1. The quantitative estimate of drug-likeness (QED) is 0.735. The van der Waals surface area contributed by atoms with Crippen LogP contribution in [-0.4, -0.2) is 73.5 Å². The summed E-state index contributed by atoms with van der Waals surface area (Å²) >= 11 is 0. The first kappa shape index (κ1) is 23.9. The van der Waals surface area contributed by atoms with Gasteiger partial charge in [0.1, 0.15) is 5.54 Å². The Morgan fingerprint density at radius 2 is 1.83 bits per heavy atom. The second-order valence-corrected chi connectivity index (χ2v) is 8.13. The van der Waals surface area contributed by atoms with Crippen molar-refractivity contribution < 1.29 is 9.59 Å². The van der Waals surface area contributed by atoms with Gasteiger partial charge in [-0.25, -0.2) is 0 Å². The number of likely N-dealkylation sites (N-methyl/N-ethyl adjacent to an activating group) is 1. The molecule has 0 saturated carbocycles. The molecule has 1 aromatic carbocycles. The average molecular weight is 443 g/mol. The molecule has 1 aromatic rings. The molecule has 4 rings (SSSR count). The van der Waals surface area contributed by atoms with E-state index in [-0.39, 0.29) is 36.6 Å². The summed E-state index contributed by atoms with van der Waals surface area (Å²) in [7, 11) is 2.05. The third kappa shape index (κ3) is 4.55. The molecule has 3 saturated heterocycles. The number of nitrogens with zero attached hydrogens (tertiary/aromatic N) is 2. The number of halogens is 2. The molecule has 0 bridgehead atoms. The number of carbonyl (C=O) groups excluding carboxylic acids is 2. The minimum atomic E-state index is -0.456. The normalized spacial score (nSPS) is 24.2. The number of amides is 2. The van der Waals surface area contributed by atoms with Crippen LogP contribution in [0.15, 0.2) is 24.3 Å². The lowest BCUT2D eigenvalue weighted by atomic mass is 9.84. The highest BCUT2D eigenvalue weighted by Gasteiger charge is 2.46. The minimum absolute atomic E-state index is 0. The maximum absolute atomic E-state index is 13.3. The molecule has 2 amide bonds. The van der Waals surface area contributed by atoms with Gasteiger partial charge in [-0.15, -0.1) is 24.8 Å². The van der Waals surface area contributed by atoms with Crippen molar-refractivity contribution in [1.29, 1.82) is 0 Å². The molecule has 0 aliphatic carbocycles. The molecule has 2 N–H and O–H groups in total. The molecular weight excluding hydrogens is 411 g/mol. The number of nitrogens with one attached hydrogen (secondary N) is 2. The summed E-state index contributed by atoms with van der Waals surface area (Å²) in [5.41, 5.74) is 1.54. The van der Waals surface area contributed by atoms with Crippen molar-refractivity contribution in [2.45, 2.75) is 37.1 Å². The highest BCUT2D eigenvalue weighted by atomic mass is 35.5. The van der Waals surface area contributed by atoms with E-state index in [2.05, 4.69) is 21.6 Å². The van der Waals surface area contributed by atoms with E-state index >= 15 is 0 Å². The van der Waals surface area contributed by atoms with Crippen molar-refractivity contribution >= 4 is 36.6 Å². The molecule has 0 aromatic heterocycles. The summed E-state index contributed by atoms with van der Waals surface area (Å²) in [6.07, 6.45) is 3.47. The van der Waals surface area contributed by atoms with Gasteiger partial charge in [0.05, 0.1) is 0 Å². The Bertz CT molecular complexity index is 716. The van der Waals surface area contributed by atoms with Gasteiger partial charge in [-0.1, -0.05) is 18.2 Å². The molecule has 0 radical (unpaired) electrons. The Balaban J connectivity index is 0.00000150. The van der Waals surface area contributed by atoms with Crippen LogP contribution in [-0.2, 0) is 4.79 Å². The minimum Gasteiger partial charge on any atom is -0.354 e. The van der Waals surface area contributed by atoms with Crippen molar-refractivity contribution in [2.75, 3.05) is 46.3 Å². The molecule has 3 heterocycles. The summed E-state index contributed by atoms with van der Waals surface area (Å²) in [5, 5.41) is 6.46. The van der Waals surface area contributed by atoms with Gasteiger partial charge in [-0.05, 0) is 56.8 Å². The second-order valence-electron chi connectivity index (χ2n) is 8.13. The van der Waals surface area contributed by atoms with Crippen molar-refractivity contribution in [1.82, 2.24) is 20.4 Å². The maximum atomic E-state index is 13.3. The molecule has 3 aliphatic rings. The van der Waals surface area contributed by atoms with Crippen LogP contribution >= 0.6 is 24.8 Å². The zero-order chi connectivity index (χ0) is 18.9. The lowest BCUT2D eigenvalue weighted by Gasteiger charge is -2.45. The molecule has 1 unspecified atom stereocenters. The Hall–Kier alpha value is -1.34. The number of hydrogen-bond donors (Lipinski definition) is 2. The van der Waals surface area contributed by atoms with Crippen molar-refractivity contribution in [3.63, 3.8) is 0 Å². The van der Waals surface area contributed by atoms with E-state index < -0.39 is 5.54 Å². The van der Waals surface area contributed by atoms with Gasteiger partial charge in [-0.3, -0.25) is 14.5 Å². The Kier molecular flexibility index (Phi) is 8.35. The first-order chi connectivity index (χ1) is 13.1. The number of carbonyl (C=O) groups is 2. The van der Waals surface area contributed by atoms with E-state index in [0.29, 0.717) is 31.8 Å². The largest absolute Gasteiger partial charge is 0.354 e. The van der Waals surface area contributed by atoms with Crippen LogP contribution in [0, 0.1) is 0 Å². The topological polar surface area (TPSA) is 64.7 Å². The summed E-state index contributed by atoms with van der Waals surface area (Å²) < 4.78 is 0. The van der Waals surface area contributed by atoms with Gasteiger partial charge in [0.15, 0.2) is 0 Å². The molecular formula is C21H32Cl2N4O2. The van der Waals surface area contributed by atoms with E-state index in [1.807, 2.05) is 30.1 Å². The summed E-state index contributed by atoms with van der Waals surface area (Å²) in [4.78, 5) is 30.1. The van der Waals surface area contributed by atoms with Crippen LogP contribution in [0.1, 0.15) is 47.5 Å². The van der Waals surface area contributed by atoms with Crippen LogP contribution in [0.4, 0.5) is 0 Å². The van der Waals surface area contributed by atoms with E-state index in [1.54, 1.807) is 0 Å². The molecule has 1 atom stereocenters.